The lowest BCUT2D eigenvalue weighted by Crippen LogP contribution is -2.24. The number of hydrogen-bond acceptors (Lipinski definition) is 8. The smallest absolute Gasteiger partial charge is 0.343 e. The lowest BCUT2D eigenvalue weighted by Gasteiger charge is -2.18. The molecule has 172 valence electrons. The molecule has 0 radical (unpaired) electrons. The lowest BCUT2D eigenvalue weighted by atomic mass is 9.87. The molecule has 1 aromatic heterocycles. The van der Waals surface area contributed by atoms with Gasteiger partial charge in [0.25, 0.3) is 0 Å². The highest BCUT2D eigenvalue weighted by Gasteiger charge is 2.37. The molecule has 0 aliphatic heterocycles. The molecule has 1 atom stereocenters. The summed E-state index contributed by atoms with van der Waals surface area (Å²) in [6.45, 7) is -0.321. The Balaban J connectivity index is 1.64. The van der Waals surface area contributed by atoms with Crippen LogP contribution in [0, 0.1) is 5.92 Å². The summed E-state index contributed by atoms with van der Waals surface area (Å²) < 4.78 is 57.8. The van der Waals surface area contributed by atoms with E-state index in [0.717, 1.165) is 12.8 Å². The maximum atomic E-state index is 12.8. The summed E-state index contributed by atoms with van der Waals surface area (Å²) in [6, 6.07) is 15.4. The zero-order chi connectivity index (χ0) is 23.6. The third kappa shape index (κ3) is 5.38. The Labute approximate surface area is 191 Å². The molecule has 4 rings (SSSR count). The molecular formula is C22H20N2O7S2. The third-order valence-electron chi connectivity index (χ3n) is 5.32. The van der Waals surface area contributed by atoms with E-state index >= 15 is 0 Å². The zero-order valence-electron chi connectivity index (χ0n) is 17.2. The Morgan fingerprint density at radius 3 is 2.45 bits per heavy atom. The van der Waals surface area contributed by atoms with Gasteiger partial charge >= 0.3 is 16.1 Å². The van der Waals surface area contributed by atoms with Crippen LogP contribution in [-0.4, -0.2) is 21.9 Å². The van der Waals surface area contributed by atoms with E-state index in [1.165, 1.54) is 24.3 Å². The van der Waals surface area contributed by atoms with Crippen molar-refractivity contribution in [2.75, 3.05) is 0 Å². The van der Waals surface area contributed by atoms with Crippen molar-refractivity contribution >= 4 is 26.2 Å². The normalized spacial score (nSPS) is 14.5. The number of aromatic hydroxyl groups is 1. The standard InChI is InChI=1S/C22H20N2O7S2/c25-19-12-17(13-23-33(29,30)18-7-2-1-3-8-18)31-22(26)21(19)20(14-9-10-14)15-5-4-6-16(11-15)24-32(27)28/h1-8,11-12,14,20,23,25H,9-10,13H2. The van der Waals surface area contributed by atoms with E-state index in [-0.39, 0.29) is 40.1 Å². The van der Waals surface area contributed by atoms with Crippen molar-refractivity contribution in [3.63, 3.8) is 0 Å². The quantitative estimate of drug-likeness (QED) is 0.496. The molecule has 1 aliphatic carbocycles. The fourth-order valence-electron chi connectivity index (χ4n) is 3.73. The number of hydrogen-bond donors (Lipinski definition) is 2. The summed E-state index contributed by atoms with van der Waals surface area (Å²) in [4.78, 5) is 12.9. The number of benzene rings is 2. The highest BCUT2D eigenvalue weighted by atomic mass is 32.2. The molecular weight excluding hydrogens is 468 g/mol. The Kier molecular flexibility index (Phi) is 6.45. The largest absolute Gasteiger partial charge is 0.507 e. The molecule has 1 aliphatic rings. The summed E-state index contributed by atoms with van der Waals surface area (Å²) >= 11 is 0. The summed E-state index contributed by atoms with van der Waals surface area (Å²) in [5, 5.41) is 10.7. The summed E-state index contributed by atoms with van der Waals surface area (Å²) in [6.07, 6.45) is 1.66. The van der Waals surface area contributed by atoms with Gasteiger partial charge in [-0.3, -0.25) is 0 Å². The first-order valence-corrected chi connectivity index (χ1v) is 12.6. The predicted molar refractivity (Wildman–Crippen MR) is 119 cm³/mol. The molecule has 0 bridgehead atoms. The van der Waals surface area contributed by atoms with Gasteiger partial charge in [0.15, 0.2) is 0 Å². The molecule has 0 spiro atoms. The van der Waals surface area contributed by atoms with Crippen molar-refractivity contribution in [1.82, 2.24) is 4.72 Å². The minimum absolute atomic E-state index is 0.0409. The Morgan fingerprint density at radius 1 is 1.09 bits per heavy atom. The number of nitrogens with zero attached hydrogens (tertiary/aromatic N) is 1. The maximum absolute atomic E-state index is 12.8. The molecule has 11 heteroatoms. The molecule has 1 unspecified atom stereocenters. The van der Waals surface area contributed by atoms with Crippen molar-refractivity contribution < 1.29 is 26.4 Å². The van der Waals surface area contributed by atoms with Gasteiger partial charge in [0.2, 0.25) is 10.0 Å². The molecule has 2 N–H and O–H groups in total. The molecule has 0 saturated heterocycles. The van der Waals surface area contributed by atoms with Crippen molar-refractivity contribution in [3.8, 4) is 5.75 Å². The molecule has 0 amide bonds. The van der Waals surface area contributed by atoms with Crippen molar-refractivity contribution in [2.24, 2.45) is 10.3 Å². The van der Waals surface area contributed by atoms with E-state index < -0.39 is 32.1 Å². The van der Waals surface area contributed by atoms with Crippen LogP contribution in [0.25, 0.3) is 0 Å². The Hall–Kier alpha value is -3.28. The minimum Gasteiger partial charge on any atom is -0.507 e. The first-order valence-electron chi connectivity index (χ1n) is 10.1. The minimum atomic E-state index is -3.83. The van der Waals surface area contributed by atoms with Crippen molar-refractivity contribution in [2.45, 2.75) is 30.2 Å². The van der Waals surface area contributed by atoms with Gasteiger partial charge in [0.1, 0.15) is 11.5 Å². The zero-order valence-corrected chi connectivity index (χ0v) is 18.8. The van der Waals surface area contributed by atoms with Gasteiger partial charge in [0, 0.05) is 12.0 Å². The van der Waals surface area contributed by atoms with Crippen LogP contribution in [0.5, 0.6) is 5.75 Å². The molecule has 9 nitrogen and oxygen atoms in total. The van der Waals surface area contributed by atoms with E-state index in [9.17, 15) is 26.7 Å². The van der Waals surface area contributed by atoms with Crippen LogP contribution in [0.3, 0.4) is 0 Å². The summed E-state index contributed by atoms with van der Waals surface area (Å²) in [7, 11) is -6.45. The highest BCUT2D eigenvalue weighted by Crippen LogP contribution is 2.48. The number of sulfonamides is 1. The van der Waals surface area contributed by atoms with E-state index in [1.807, 2.05) is 0 Å². The fourth-order valence-corrected chi connectivity index (χ4v) is 5.03. The van der Waals surface area contributed by atoms with Gasteiger partial charge in [0.05, 0.1) is 22.7 Å². The predicted octanol–water partition coefficient (Wildman–Crippen LogP) is 3.06. The third-order valence-corrected chi connectivity index (χ3v) is 7.10. The number of nitrogens with one attached hydrogen (secondary N) is 1. The average molecular weight is 489 g/mol. The van der Waals surface area contributed by atoms with Crippen molar-refractivity contribution in [1.29, 1.82) is 0 Å². The second-order valence-electron chi connectivity index (χ2n) is 7.66. The van der Waals surface area contributed by atoms with Crippen LogP contribution in [0.15, 0.2) is 79.1 Å². The van der Waals surface area contributed by atoms with E-state index in [1.54, 1.807) is 36.4 Å². The van der Waals surface area contributed by atoms with Crippen molar-refractivity contribution in [3.05, 3.63) is 88.0 Å². The van der Waals surface area contributed by atoms with E-state index in [0.29, 0.717) is 5.56 Å². The van der Waals surface area contributed by atoms with Gasteiger partial charge in [-0.1, -0.05) is 30.3 Å². The topological polar surface area (TPSA) is 143 Å². The first kappa shape index (κ1) is 22.9. The van der Waals surface area contributed by atoms with Crippen LogP contribution in [0.4, 0.5) is 5.69 Å². The second kappa shape index (κ2) is 9.30. The molecule has 1 fully saturated rings. The highest BCUT2D eigenvalue weighted by molar-refractivity contribution is 7.89. The SMILES string of the molecule is O=c1oc(CNS(=O)(=O)c2ccccc2)cc(O)c1C(c1cccc(N=S(=O)=O)c1)C1CC1. The average Bonchev–Trinajstić information content (AvgIpc) is 3.60. The van der Waals surface area contributed by atoms with E-state index in [2.05, 4.69) is 9.08 Å². The first-order chi connectivity index (χ1) is 15.7. The van der Waals surface area contributed by atoms with Gasteiger partial charge < -0.3 is 9.52 Å². The molecule has 33 heavy (non-hydrogen) atoms. The Morgan fingerprint density at radius 2 is 1.82 bits per heavy atom. The van der Waals surface area contributed by atoms with E-state index in [4.69, 9.17) is 4.42 Å². The van der Waals surface area contributed by atoms with Gasteiger partial charge in [-0.15, -0.1) is 4.36 Å². The molecule has 2 aromatic carbocycles. The molecule has 1 saturated carbocycles. The Bertz CT molecular complexity index is 1470. The summed E-state index contributed by atoms with van der Waals surface area (Å²) in [5.74, 6) is -0.784. The number of rotatable bonds is 8. The summed E-state index contributed by atoms with van der Waals surface area (Å²) in [5.41, 5.74) is 0.106. The monoisotopic (exact) mass is 488 g/mol. The van der Waals surface area contributed by atoms with Gasteiger partial charge in [-0.25, -0.2) is 17.9 Å². The molecule has 3 aromatic rings. The maximum Gasteiger partial charge on any atom is 0.343 e. The van der Waals surface area contributed by atoms with Crippen LogP contribution in [-0.2, 0) is 27.1 Å². The lowest BCUT2D eigenvalue weighted by molar-refractivity contribution is 0.401. The van der Waals surface area contributed by atoms with Crippen LogP contribution in [0.1, 0.15) is 35.6 Å². The fraction of sp³-hybridized carbons (Fsp3) is 0.227. The molecule has 1 heterocycles. The van der Waals surface area contributed by atoms with Gasteiger partial charge in [-0.05, 0) is 48.6 Å². The van der Waals surface area contributed by atoms with Crippen LogP contribution in [0.2, 0.25) is 0 Å². The van der Waals surface area contributed by atoms with Crippen LogP contribution < -0.4 is 10.3 Å². The second-order valence-corrected chi connectivity index (χ2v) is 10.0. The van der Waals surface area contributed by atoms with Gasteiger partial charge in [-0.2, -0.15) is 8.42 Å². The van der Waals surface area contributed by atoms with Crippen LogP contribution >= 0.6 is 0 Å².